The summed E-state index contributed by atoms with van der Waals surface area (Å²) in [6.07, 6.45) is 1.84. The molecule has 2 rings (SSSR count). The van der Waals surface area contributed by atoms with Crippen LogP contribution in [0.25, 0.3) is 0 Å². The Morgan fingerprint density at radius 3 is 2.22 bits per heavy atom. The molecule has 0 radical (unpaired) electrons. The Balaban J connectivity index is 2.09. The van der Waals surface area contributed by atoms with E-state index >= 15 is 0 Å². The molecular formula is C13H22N2O3. The van der Waals surface area contributed by atoms with Gasteiger partial charge in [-0.15, -0.1) is 0 Å². The molecule has 1 aliphatic carbocycles. The first kappa shape index (κ1) is 13.3. The van der Waals surface area contributed by atoms with Crippen LogP contribution in [-0.4, -0.2) is 60.0 Å². The van der Waals surface area contributed by atoms with Gasteiger partial charge in [-0.1, -0.05) is 13.3 Å². The summed E-state index contributed by atoms with van der Waals surface area (Å²) in [5.41, 5.74) is -1.11. The number of carbonyl (C=O) groups excluding carboxylic acids is 1. The number of carboxylic acid groups (broad SMARTS) is 1. The maximum absolute atomic E-state index is 12.4. The zero-order valence-corrected chi connectivity index (χ0v) is 11.3. The fourth-order valence-corrected chi connectivity index (χ4v) is 3.14. The number of carboxylic acids is 1. The van der Waals surface area contributed by atoms with Crippen molar-refractivity contribution in [2.75, 3.05) is 27.2 Å². The molecule has 1 N–H and O–H groups in total. The third kappa shape index (κ3) is 1.90. The summed E-state index contributed by atoms with van der Waals surface area (Å²) in [5.74, 6) is -0.716. The number of likely N-dealkylation sites (tertiary alicyclic amines) is 1. The van der Waals surface area contributed by atoms with Gasteiger partial charge in [-0.3, -0.25) is 9.59 Å². The van der Waals surface area contributed by atoms with E-state index in [-0.39, 0.29) is 5.91 Å². The summed E-state index contributed by atoms with van der Waals surface area (Å²) >= 11 is 0. The number of amides is 1. The second-order valence-corrected chi connectivity index (χ2v) is 5.96. The highest BCUT2D eigenvalue weighted by Gasteiger charge is 2.54. The summed E-state index contributed by atoms with van der Waals surface area (Å²) in [7, 11) is 4.01. The summed E-state index contributed by atoms with van der Waals surface area (Å²) in [6.45, 7) is 3.45. The van der Waals surface area contributed by atoms with Crippen molar-refractivity contribution in [3.63, 3.8) is 0 Å². The highest BCUT2D eigenvalue weighted by atomic mass is 16.4. The minimum absolute atomic E-state index is 0.169. The van der Waals surface area contributed by atoms with E-state index < -0.39 is 11.4 Å². The predicted molar refractivity (Wildman–Crippen MR) is 67.1 cm³/mol. The van der Waals surface area contributed by atoms with E-state index in [9.17, 15) is 14.7 Å². The van der Waals surface area contributed by atoms with Crippen molar-refractivity contribution in [3.05, 3.63) is 0 Å². The quantitative estimate of drug-likeness (QED) is 0.751. The summed E-state index contributed by atoms with van der Waals surface area (Å²) in [4.78, 5) is 27.6. The fourth-order valence-electron chi connectivity index (χ4n) is 3.14. The molecule has 102 valence electrons. The van der Waals surface area contributed by atoms with Crippen LogP contribution in [0.5, 0.6) is 0 Å². The van der Waals surface area contributed by atoms with Gasteiger partial charge in [0.2, 0.25) is 5.91 Å². The van der Waals surface area contributed by atoms with Crippen molar-refractivity contribution in [2.45, 2.75) is 32.2 Å². The first-order valence-corrected chi connectivity index (χ1v) is 6.57. The first-order valence-electron chi connectivity index (χ1n) is 6.57. The lowest BCUT2D eigenvalue weighted by atomic mass is 9.68. The fraction of sp³-hybridized carbons (Fsp3) is 0.846. The Hall–Kier alpha value is -1.10. The van der Waals surface area contributed by atoms with Crippen LogP contribution >= 0.6 is 0 Å². The molecule has 5 nitrogen and oxygen atoms in total. The van der Waals surface area contributed by atoms with Crippen LogP contribution in [0, 0.1) is 11.3 Å². The Kier molecular flexibility index (Phi) is 3.36. The average Bonchev–Trinajstić information content (AvgIpc) is 2.57. The zero-order valence-electron chi connectivity index (χ0n) is 11.3. The van der Waals surface area contributed by atoms with Crippen LogP contribution in [0.2, 0.25) is 0 Å². The van der Waals surface area contributed by atoms with Gasteiger partial charge in [0, 0.05) is 19.1 Å². The Morgan fingerprint density at radius 1 is 1.28 bits per heavy atom. The van der Waals surface area contributed by atoms with Crippen molar-refractivity contribution in [1.82, 2.24) is 9.80 Å². The van der Waals surface area contributed by atoms with Gasteiger partial charge in [0.1, 0.15) is 5.41 Å². The lowest BCUT2D eigenvalue weighted by Crippen LogP contribution is -2.52. The number of likely N-dealkylation sites (N-methyl/N-ethyl adjacent to an activating group) is 1. The third-order valence-electron chi connectivity index (χ3n) is 4.55. The van der Waals surface area contributed by atoms with E-state index in [4.69, 9.17) is 0 Å². The molecule has 2 aliphatic rings. The minimum atomic E-state index is -1.11. The lowest BCUT2D eigenvalue weighted by Gasteiger charge is -2.38. The average molecular weight is 254 g/mol. The Bertz CT molecular complexity index is 363. The van der Waals surface area contributed by atoms with Crippen molar-refractivity contribution in [1.29, 1.82) is 0 Å². The molecule has 0 aromatic carbocycles. The Morgan fingerprint density at radius 2 is 1.89 bits per heavy atom. The zero-order chi connectivity index (χ0) is 13.5. The highest BCUT2D eigenvalue weighted by Crippen LogP contribution is 2.43. The largest absolute Gasteiger partial charge is 0.480 e. The van der Waals surface area contributed by atoms with Crippen LogP contribution in [0.15, 0.2) is 0 Å². The highest BCUT2D eigenvalue weighted by molar-refractivity contribution is 6.03. The van der Waals surface area contributed by atoms with Crippen LogP contribution in [0.4, 0.5) is 0 Å². The number of aliphatic carboxylic acids is 1. The van der Waals surface area contributed by atoms with Crippen molar-refractivity contribution < 1.29 is 14.7 Å². The van der Waals surface area contributed by atoms with Crippen LogP contribution in [0.1, 0.15) is 26.2 Å². The van der Waals surface area contributed by atoms with Crippen molar-refractivity contribution in [3.8, 4) is 0 Å². The molecule has 1 amide bonds. The SMILES string of the molecule is CC1CN(C(=O)C2(C(=O)O)CCC2)CC1N(C)C. The molecule has 0 aromatic rings. The van der Waals surface area contributed by atoms with E-state index in [1.54, 1.807) is 4.90 Å². The van der Waals surface area contributed by atoms with Gasteiger partial charge in [-0.25, -0.2) is 0 Å². The molecule has 18 heavy (non-hydrogen) atoms. The molecule has 0 aromatic heterocycles. The maximum Gasteiger partial charge on any atom is 0.319 e. The maximum atomic E-state index is 12.4. The number of nitrogens with zero attached hydrogens (tertiary/aromatic N) is 2. The van der Waals surface area contributed by atoms with Gasteiger partial charge in [-0.2, -0.15) is 0 Å². The normalized spacial score (nSPS) is 30.3. The second kappa shape index (κ2) is 4.53. The summed E-state index contributed by atoms with van der Waals surface area (Å²) in [5, 5.41) is 9.30. The standard InChI is InChI=1S/C13H22N2O3/c1-9-7-15(8-10(9)14(2)3)11(16)13(12(17)18)5-4-6-13/h9-10H,4-8H2,1-3H3,(H,17,18). The van der Waals surface area contributed by atoms with E-state index in [1.807, 2.05) is 14.1 Å². The molecule has 1 heterocycles. The van der Waals surface area contributed by atoms with Crippen LogP contribution in [-0.2, 0) is 9.59 Å². The van der Waals surface area contributed by atoms with Crippen molar-refractivity contribution >= 4 is 11.9 Å². The summed E-state index contributed by atoms with van der Waals surface area (Å²) in [6, 6.07) is 0.333. The van der Waals surface area contributed by atoms with Crippen LogP contribution in [0.3, 0.4) is 0 Å². The monoisotopic (exact) mass is 254 g/mol. The van der Waals surface area contributed by atoms with Gasteiger partial charge in [-0.05, 0) is 32.9 Å². The number of hydrogen-bond donors (Lipinski definition) is 1. The van der Waals surface area contributed by atoms with Gasteiger partial charge >= 0.3 is 5.97 Å². The van der Waals surface area contributed by atoms with E-state index in [0.29, 0.717) is 37.9 Å². The molecule has 1 saturated heterocycles. The number of carbonyl (C=O) groups is 2. The van der Waals surface area contributed by atoms with Gasteiger partial charge in [0.15, 0.2) is 0 Å². The number of rotatable bonds is 3. The predicted octanol–water partition coefficient (Wildman–Crippen LogP) is 0.650. The van der Waals surface area contributed by atoms with Gasteiger partial charge in [0.05, 0.1) is 0 Å². The summed E-state index contributed by atoms with van der Waals surface area (Å²) < 4.78 is 0. The topological polar surface area (TPSA) is 60.9 Å². The van der Waals surface area contributed by atoms with Crippen molar-refractivity contribution in [2.24, 2.45) is 11.3 Å². The van der Waals surface area contributed by atoms with E-state index in [2.05, 4.69) is 11.8 Å². The molecule has 1 saturated carbocycles. The molecule has 2 unspecified atom stereocenters. The molecule has 0 bridgehead atoms. The Labute approximate surface area is 108 Å². The smallest absolute Gasteiger partial charge is 0.319 e. The minimum Gasteiger partial charge on any atom is -0.480 e. The van der Waals surface area contributed by atoms with Crippen LogP contribution < -0.4 is 0 Å². The molecule has 2 fully saturated rings. The third-order valence-corrected chi connectivity index (χ3v) is 4.55. The molecule has 2 atom stereocenters. The van der Waals surface area contributed by atoms with E-state index in [0.717, 1.165) is 6.42 Å². The molecule has 5 heteroatoms. The van der Waals surface area contributed by atoms with E-state index in [1.165, 1.54) is 0 Å². The number of hydrogen-bond acceptors (Lipinski definition) is 3. The lowest BCUT2D eigenvalue weighted by molar-refractivity contribution is -0.167. The molecular weight excluding hydrogens is 232 g/mol. The second-order valence-electron chi connectivity index (χ2n) is 5.96. The van der Waals surface area contributed by atoms with Gasteiger partial charge in [0.25, 0.3) is 0 Å². The first-order chi connectivity index (χ1) is 8.38. The van der Waals surface area contributed by atoms with Gasteiger partial charge < -0.3 is 14.9 Å². The molecule has 0 spiro atoms. The molecule has 1 aliphatic heterocycles.